The molecule has 0 saturated heterocycles. The molecule has 2 aromatic carbocycles. The van der Waals surface area contributed by atoms with Gasteiger partial charge in [-0.25, -0.2) is 0 Å². The first-order valence-electron chi connectivity index (χ1n) is 9.61. The van der Waals surface area contributed by atoms with Gasteiger partial charge in [0.05, 0.1) is 12.6 Å². The molecule has 0 saturated carbocycles. The van der Waals surface area contributed by atoms with E-state index in [1.165, 1.54) is 0 Å². The Morgan fingerprint density at radius 3 is 1.93 bits per heavy atom. The zero-order valence-electron chi connectivity index (χ0n) is 16.3. The predicted molar refractivity (Wildman–Crippen MR) is 117 cm³/mol. The smallest absolute Gasteiger partial charge is 0.309 e. The first-order chi connectivity index (χ1) is 14.6. The second-order valence-corrected chi connectivity index (χ2v) is 7.62. The Morgan fingerprint density at radius 1 is 0.767 bits per heavy atom. The number of benzene rings is 2. The molecule has 0 fully saturated rings. The minimum atomic E-state index is -0.827. The quantitative estimate of drug-likeness (QED) is 0.488. The average Bonchev–Trinajstić information content (AvgIpc) is 3.30. The monoisotopic (exact) mass is 421 g/mol. The van der Waals surface area contributed by atoms with Crippen molar-refractivity contribution in [1.29, 1.82) is 0 Å². The van der Waals surface area contributed by atoms with Crippen LogP contribution in [0.4, 0.5) is 0 Å². The van der Waals surface area contributed by atoms with Crippen LogP contribution in [-0.2, 0) is 20.8 Å². The SMILES string of the molecule is O=C(CNC(=O)C(=O)NCCc1cccs1)NC(c1ccccc1)c1ccccc1. The Kier molecular flexibility index (Phi) is 7.74. The van der Waals surface area contributed by atoms with E-state index in [0.29, 0.717) is 13.0 Å². The molecule has 1 aromatic heterocycles. The fourth-order valence-electron chi connectivity index (χ4n) is 2.94. The van der Waals surface area contributed by atoms with Gasteiger partial charge < -0.3 is 16.0 Å². The Labute approximate surface area is 179 Å². The number of carbonyl (C=O) groups is 3. The zero-order chi connectivity index (χ0) is 21.2. The van der Waals surface area contributed by atoms with Crippen molar-refractivity contribution in [3.05, 3.63) is 94.2 Å². The van der Waals surface area contributed by atoms with E-state index in [9.17, 15) is 14.4 Å². The van der Waals surface area contributed by atoms with Crippen LogP contribution in [0.2, 0.25) is 0 Å². The van der Waals surface area contributed by atoms with Crippen LogP contribution in [0.3, 0.4) is 0 Å². The van der Waals surface area contributed by atoms with Crippen LogP contribution in [0.25, 0.3) is 0 Å². The molecule has 30 heavy (non-hydrogen) atoms. The van der Waals surface area contributed by atoms with Crippen molar-refractivity contribution in [3.63, 3.8) is 0 Å². The maximum absolute atomic E-state index is 12.4. The summed E-state index contributed by atoms with van der Waals surface area (Å²) in [4.78, 5) is 37.4. The van der Waals surface area contributed by atoms with Gasteiger partial charge in [0.2, 0.25) is 5.91 Å². The number of hydrogen-bond donors (Lipinski definition) is 3. The van der Waals surface area contributed by atoms with Crippen LogP contribution in [-0.4, -0.2) is 30.8 Å². The van der Waals surface area contributed by atoms with Gasteiger partial charge in [-0.2, -0.15) is 0 Å². The summed E-state index contributed by atoms with van der Waals surface area (Å²) in [6.45, 7) is 0.0798. The standard InChI is InChI=1S/C23H23N3O3S/c27-20(16-25-23(29)22(28)24-14-13-19-12-7-15-30-19)26-21(17-8-3-1-4-9-17)18-10-5-2-6-11-18/h1-12,15,21H,13-14,16H2,(H,24,28)(H,25,29)(H,26,27). The Hall–Kier alpha value is -3.45. The summed E-state index contributed by atoms with van der Waals surface area (Å²) < 4.78 is 0. The lowest BCUT2D eigenvalue weighted by molar-refractivity contribution is -0.139. The predicted octanol–water partition coefficient (Wildman–Crippen LogP) is 2.43. The largest absolute Gasteiger partial charge is 0.347 e. The van der Waals surface area contributed by atoms with E-state index in [-0.39, 0.29) is 18.5 Å². The van der Waals surface area contributed by atoms with Crippen LogP contribution < -0.4 is 16.0 Å². The van der Waals surface area contributed by atoms with Crippen molar-refractivity contribution >= 4 is 29.1 Å². The van der Waals surface area contributed by atoms with Crippen LogP contribution in [0.5, 0.6) is 0 Å². The highest BCUT2D eigenvalue weighted by molar-refractivity contribution is 7.09. The molecule has 3 rings (SSSR count). The van der Waals surface area contributed by atoms with Crippen molar-refractivity contribution in [1.82, 2.24) is 16.0 Å². The molecule has 1 heterocycles. The summed E-state index contributed by atoms with van der Waals surface area (Å²) >= 11 is 1.59. The molecule has 3 N–H and O–H groups in total. The highest BCUT2D eigenvalue weighted by atomic mass is 32.1. The second kappa shape index (κ2) is 10.9. The first kappa shape index (κ1) is 21.3. The van der Waals surface area contributed by atoms with Crippen molar-refractivity contribution < 1.29 is 14.4 Å². The molecule has 154 valence electrons. The van der Waals surface area contributed by atoms with Gasteiger partial charge >= 0.3 is 11.8 Å². The summed E-state index contributed by atoms with van der Waals surface area (Å²) in [5.41, 5.74) is 1.85. The molecule has 3 amide bonds. The zero-order valence-corrected chi connectivity index (χ0v) is 17.2. The molecule has 7 heteroatoms. The van der Waals surface area contributed by atoms with E-state index in [0.717, 1.165) is 16.0 Å². The van der Waals surface area contributed by atoms with Crippen molar-refractivity contribution in [2.75, 3.05) is 13.1 Å². The second-order valence-electron chi connectivity index (χ2n) is 6.59. The van der Waals surface area contributed by atoms with Crippen LogP contribution >= 0.6 is 11.3 Å². The summed E-state index contributed by atoms with van der Waals surface area (Å²) in [5, 5.41) is 9.82. The maximum Gasteiger partial charge on any atom is 0.309 e. The van der Waals surface area contributed by atoms with Gasteiger partial charge in [0.25, 0.3) is 0 Å². The van der Waals surface area contributed by atoms with Crippen LogP contribution in [0, 0.1) is 0 Å². The van der Waals surface area contributed by atoms with Crippen molar-refractivity contribution in [2.45, 2.75) is 12.5 Å². The molecule has 0 unspecified atom stereocenters. The van der Waals surface area contributed by atoms with E-state index in [2.05, 4.69) is 16.0 Å². The van der Waals surface area contributed by atoms with Gasteiger partial charge in [-0.05, 0) is 29.0 Å². The number of thiophene rings is 1. The minimum absolute atomic E-state index is 0.284. The third kappa shape index (κ3) is 6.28. The Bertz CT molecular complexity index is 920. The number of amides is 3. The molecule has 0 aliphatic carbocycles. The van der Waals surface area contributed by atoms with E-state index in [1.807, 2.05) is 78.2 Å². The summed E-state index contributed by atoms with van der Waals surface area (Å²) in [5.74, 6) is -1.96. The van der Waals surface area contributed by atoms with Gasteiger partial charge in [-0.1, -0.05) is 66.7 Å². The normalized spacial score (nSPS) is 10.4. The van der Waals surface area contributed by atoms with Crippen molar-refractivity contribution in [3.8, 4) is 0 Å². The molecular formula is C23H23N3O3S. The minimum Gasteiger partial charge on any atom is -0.347 e. The third-order valence-electron chi connectivity index (χ3n) is 4.42. The number of nitrogens with one attached hydrogen (secondary N) is 3. The van der Waals surface area contributed by atoms with E-state index in [4.69, 9.17) is 0 Å². The lowest BCUT2D eigenvalue weighted by Gasteiger charge is -2.20. The molecule has 3 aromatic rings. The Morgan fingerprint density at radius 2 is 1.37 bits per heavy atom. The van der Waals surface area contributed by atoms with E-state index in [1.54, 1.807) is 11.3 Å². The highest BCUT2D eigenvalue weighted by Crippen LogP contribution is 2.21. The van der Waals surface area contributed by atoms with Crippen LogP contribution in [0.15, 0.2) is 78.2 Å². The summed E-state index contributed by atoms with van der Waals surface area (Å²) in [6, 6.07) is 22.7. The lowest BCUT2D eigenvalue weighted by atomic mass is 9.99. The van der Waals surface area contributed by atoms with Crippen molar-refractivity contribution in [2.24, 2.45) is 0 Å². The van der Waals surface area contributed by atoms with Gasteiger partial charge in [-0.15, -0.1) is 11.3 Å². The molecule has 0 atom stereocenters. The third-order valence-corrected chi connectivity index (χ3v) is 5.36. The molecular weight excluding hydrogens is 398 g/mol. The van der Waals surface area contributed by atoms with Gasteiger partial charge in [0, 0.05) is 11.4 Å². The molecule has 0 radical (unpaired) electrons. The van der Waals surface area contributed by atoms with E-state index < -0.39 is 11.8 Å². The summed E-state index contributed by atoms with van der Waals surface area (Å²) in [6.07, 6.45) is 0.660. The lowest BCUT2D eigenvalue weighted by Crippen LogP contribution is -2.45. The first-order valence-corrected chi connectivity index (χ1v) is 10.5. The molecule has 0 spiro atoms. The van der Waals surface area contributed by atoms with Crippen LogP contribution in [0.1, 0.15) is 22.0 Å². The van der Waals surface area contributed by atoms with Gasteiger partial charge in [0.15, 0.2) is 0 Å². The molecule has 0 aliphatic rings. The topological polar surface area (TPSA) is 87.3 Å². The Balaban J connectivity index is 1.50. The number of hydrogen-bond acceptors (Lipinski definition) is 4. The number of rotatable bonds is 8. The maximum atomic E-state index is 12.4. The van der Waals surface area contributed by atoms with Gasteiger partial charge in [0.1, 0.15) is 0 Å². The van der Waals surface area contributed by atoms with Gasteiger partial charge in [-0.3, -0.25) is 14.4 Å². The van der Waals surface area contributed by atoms with E-state index >= 15 is 0 Å². The molecule has 0 aliphatic heterocycles. The summed E-state index contributed by atoms with van der Waals surface area (Å²) in [7, 11) is 0. The average molecular weight is 422 g/mol. The fraction of sp³-hybridized carbons (Fsp3) is 0.174. The number of carbonyl (C=O) groups excluding carboxylic acids is 3. The fourth-order valence-corrected chi connectivity index (χ4v) is 3.65. The highest BCUT2D eigenvalue weighted by Gasteiger charge is 2.18. The molecule has 6 nitrogen and oxygen atoms in total. The molecule has 0 bridgehead atoms.